The highest BCUT2D eigenvalue weighted by Gasteiger charge is 2.28. The first-order valence-corrected chi connectivity index (χ1v) is 11.6. The molecule has 0 aromatic rings. The molecule has 5 aliphatic rings. The summed E-state index contributed by atoms with van der Waals surface area (Å²) < 4.78 is 0. The molecule has 5 nitrogen and oxygen atoms in total. The summed E-state index contributed by atoms with van der Waals surface area (Å²) in [5.74, 6) is 0.353. The second kappa shape index (κ2) is 7.84. The number of hydrogen-bond acceptors (Lipinski definition) is 5. The Balaban J connectivity index is 1.76. The average molecular weight is 439 g/mol. The minimum Gasteiger partial charge on any atom is -0.515 e. The smallest absolute Gasteiger partial charge is 0.0889 e. The summed E-state index contributed by atoms with van der Waals surface area (Å²) in [4.78, 5) is 14.8. The van der Waals surface area contributed by atoms with Gasteiger partial charge in [-0.1, -0.05) is 13.8 Å². The summed E-state index contributed by atoms with van der Waals surface area (Å²) in [6.07, 6.45) is 11.4. The topological polar surface area (TPSA) is 69.3 Å². The van der Waals surface area contributed by atoms with Crippen LogP contribution in [0.4, 0.5) is 0 Å². The maximum absolute atomic E-state index is 10.0. The molecule has 5 heteroatoms. The Morgan fingerprint density at radius 2 is 1.64 bits per heavy atom. The fourth-order valence-electron chi connectivity index (χ4n) is 4.97. The molecule has 168 valence electrons. The standard InChI is InChI=1S/C28H30N4O/c1-7-19-16(4)26-12-28-20(13-33)17(5)25(32-28)10-21-14(2)8-23(29-21)18(6)24-9-15(3)22(30-24)11-27(19)31-26/h9-14,29,33H,7-8H2,1-6H3/b20-13-,21-10?,22-11?,23-18?,26-12?/t14-/m0/s1. The molecule has 0 radical (unpaired) electrons. The predicted molar refractivity (Wildman–Crippen MR) is 136 cm³/mol. The zero-order valence-electron chi connectivity index (χ0n) is 20.2. The summed E-state index contributed by atoms with van der Waals surface area (Å²) in [5, 5.41) is 13.6. The molecule has 0 spiro atoms. The van der Waals surface area contributed by atoms with Gasteiger partial charge in [0.2, 0.25) is 0 Å². The Morgan fingerprint density at radius 3 is 2.36 bits per heavy atom. The SMILES string of the molecule is CCC1=C(C)C2=CC3=NC(=C(C)/C3=C/O)C=C3NC(=C(C)C4=NC(=CC1=N2)C(C)=C4)C[C@@H]3C. The number of rotatable bonds is 1. The third-order valence-electron chi connectivity index (χ3n) is 7.19. The van der Waals surface area contributed by atoms with E-state index in [-0.39, 0.29) is 0 Å². The van der Waals surface area contributed by atoms with Crippen molar-refractivity contribution in [2.45, 2.75) is 54.4 Å². The maximum atomic E-state index is 10.0. The largest absolute Gasteiger partial charge is 0.515 e. The highest BCUT2D eigenvalue weighted by molar-refractivity contribution is 6.18. The van der Waals surface area contributed by atoms with E-state index >= 15 is 0 Å². The minimum absolute atomic E-state index is 0.353. The van der Waals surface area contributed by atoms with Crippen molar-refractivity contribution in [3.63, 3.8) is 0 Å². The van der Waals surface area contributed by atoms with Gasteiger partial charge in [-0.3, -0.25) is 0 Å². The van der Waals surface area contributed by atoms with Gasteiger partial charge in [-0.05, 0) is 92.7 Å². The quantitative estimate of drug-likeness (QED) is 0.471. The average Bonchev–Trinajstić information content (AvgIpc) is 3.49. The second-order valence-electron chi connectivity index (χ2n) is 9.32. The van der Waals surface area contributed by atoms with Gasteiger partial charge in [-0.2, -0.15) is 0 Å². The van der Waals surface area contributed by atoms with E-state index in [4.69, 9.17) is 15.0 Å². The van der Waals surface area contributed by atoms with E-state index in [9.17, 15) is 5.11 Å². The van der Waals surface area contributed by atoms with Crippen molar-refractivity contribution >= 4 is 17.1 Å². The van der Waals surface area contributed by atoms with Crippen LogP contribution in [0.15, 0.2) is 107 Å². The van der Waals surface area contributed by atoms with Crippen LogP contribution >= 0.6 is 0 Å². The van der Waals surface area contributed by atoms with Crippen LogP contribution in [0, 0.1) is 5.92 Å². The fourth-order valence-corrected chi connectivity index (χ4v) is 4.97. The van der Waals surface area contributed by atoms with E-state index in [2.05, 4.69) is 58.2 Å². The first-order valence-electron chi connectivity index (χ1n) is 11.6. The molecule has 2 N–H and O–H groups in total. The Kier molecular flexibility index (Phi) is 5.08. The molecular formula is C28H30N4O. The first-order chi connectivity index (χ1) is 15.8. The molecule has 1 fully saturated rings. The third kappa shape index (κ3) is 3.43. The summed E-state index contributed by atoms with van der Waals surface area (Å²) >= 11 is 0. The van der Waals surface area contributed by atoms with Gasteiger partial charge in [-0.15, -0.1) is 0 Å². The number of hydrogen-bond donors (Lipinski definition) is 2. The van der Waals surface area contributed by atoms with Crippen molar-refractivity contribution in [1.29, 1.82) is 0 Å². The molecule has 1 atom stereocenters. The van der Waals surface area contributed by atoms with Gasteiger partial charge in [-0.25, -0.2) is 15.0 Å². The Hall–Kier alpha value is -3.47. The van der Waals surface area contributed by atoms with Gasteiger partial charge in [0.1, 0.15) is 0 Å². The molecule has 1 saturated heterocycles. The molecule has 8 bridgehead atoms. The number of aliphatic hydroxyl groups is 1. The van der Waals surface area contributed by atoms with Crippen LogP contribution in [-0.4, -0.2) is 22.2 Å². The van der Waals surface area contributed by atoms with Crippen molar-refractivity contribution in [2.24, 2.45) is 20.9 Å². The lowest BCUT2D eigenvalue weighted by Gasteiger charge is -2.07. The van der Waals surface area contributed by atoms with Crippen molar-refractivity contribution in [2.75, 3.05) is 0 Å². The molecule has 0 aliphatic carbocycles. The highest BCUT2D eigenvalue weighted by atomic mass is 16.2. The van der Waals surface area contributed by atoms with Crippen LogP contribution in [0.25, 0.3) is 0 Å². The molecule has 0 saturated carbocycles. The normalized spacial score (nSPS) is 25.7. The van der Waals surface area contributed by atoms with E-state index in [1.807, 2.05) is 13.0 Å². The van der Waals surface area contributed by atoms with Crippen molar-refractivity contribution in [1.82, 2.24) is 5.32 Å². The van der Waals surface area contributed by atoms with E-state index < -0.39 is 0 Å². The number of allylic oxidation sites excluding steroid dienone is 12. The zero-order chi connectivity index (χ0) is 23.4. The van der Waals surface area contributed by atoms with Crippen molar-refractivity contribution in [3.05, 3.63) is 92.5 Å². The van der Waals surface area contributed by atoms with Crippen molar-refractivity contribution < 1.29 is 5.11 Å². The molecule has 0 amide bonds. The van der Waals surface area contributed by atoms with Crippen LogP contribution in [0.5, 0.6) is 0 Å². The molecule has 0 aromatic heterocycles. The molecule has 0 aromatic carbocycles. The van der Waals surface area contributed by atoms with Gasteiger partial charge in [0.05, 0.1) is 40.5 Å². The van der Waals surface area contributed by atoms with Crippen LogP contribution in [0.2, 0.25) is 0 Å². The fraction of sp³-hybridized carbons (Fsp3) is 0.321. The summed E-state index contributed by atoms with van der Waals surface area (Å²) in [6, 6.07) is 0. The maximum Gasteiger partial charge on any atom is 0.0889 e. The van der Waals surface area contributed by atoms with Gasteiger partial charge in [0.15, 0.2) is 0 Å². The molecular weight excluding hydrogens is 408 g/mol. The number of aliphatic hydroxyl groups excluding tert-OH is 1. The van der Waals surface area contributed by atoms with Gasteiger partial charge in [0, 0.05) is 22.9 Å². The van der Waals surface area contributed by atoms with Crippen LogP contribution in [0.3, 0.4) is 0 Å². The lowest BCUT2D eigenvalue weighted by Crippen LogP contribution is -2.09. The van der Waals surface area contributed by atoms with Crippen LogP contribution in [-0.2, 0) is 0 Å². The Bertz CT molecular complexity index is 1330. The summed E-state index contributed by atoms with van der Waals surface area (Å²) in [5.41, 5.74) is 14.2. The summed E-state index contributed by atoms with van der Waals surface area (Å²) in [6.45, 7) is 12.8. The van der Waals surface area contributed by atoms with E-state index in [0.29, 0.717) is 5.92 Å². The predicted octanol–water partition coefficient (Wildman–Crippen LogP) is 6.31. The van der Waals surface area contributed by atoms with E-state index in [1.54, 1.807) is 0 Å². The van der Waals surface area contributed by atoms with E-state index in [1.165, 1.54) is 16.8 Å². The zero-order valence-corrected chi connectivity index (χ0v) is 20.2. The lowest BCUT2D eigenvalue weighted by molar-refractivity contribution is 0.471. The molecule has 5 rings (SSSR count). The highest BCUT2D eigenvalue weighted by Crippen LogP contribution is 2.36. The number of nitrogens with one attached hydrogen (secondary N) is 1. The molecule has 5 aliphatic heterocycles. The number of fused-ring (bicyclic) bond motifs is 5. The Morgan fingerprint density at radius 1 is 0.909 bits per heavy atom. The van der Waals surface area contributed by atoms with Gasteiger partial charge >= 0.3 is 0 Å². The number of nitrogens with zero attached hydrogens (tertiary/aromatic N) is 3. The molecule has 0 unspecified atom stereocenters. The lowest BCUT2D eigenvalue weighted by atomic mass is 9.99. The van der Waals surface area contributed by atoms with Crippen molar-refractivity contribution in [3.8, 4) is 0 Å². The first kappa shape index (κ1) is 21.4. The summed E-state index contributed by atoms with van der Waals surface area (Å²) in [7, 11) is 0. The second-order valence-corrected chi connectivity index (χ2v) is 9.32. The third-order valence-corrected chi connectivity index (χ3v) is 7.19. The van der Waals surface area contributed by atoms with Crippen LogP contribution in [0.1, 0.15) is 54.4 Å². The van der Waals surface area contributed by atoms with Gasteiger partial charge < -0.3 is 10.4 Å². The molecule has 33 heavy (non-hydrogen) atoms. The monoisotopic (exact) mass is 438 g/mol. The number of aliphatic imine (C=N–C) groups is 3. The van der Waals surface area contributed by atoms with Crippen LogP contribution < -0.4 is 5.32 Å². The Labute approximate surface area is 195 Å². The van der Waals surface area contributed by atoms with E-state index in [0.717, 1.165) is 81.3 Å². The minimum atomic E-state index is 0.353. The molecule has 5 heterocycles. The van der Waals surface area contributed by atoms with Gasteiger partial charge in [0.25, 0.3) is 0 Å².